The van der Waals surface area contributed by atoms with Crippen molar-refractivity contribution < 1.29 is 9.13 Å². The predicted molar refractivity (Wildman–Crippen MR) is 89.4 cm³/mol. The third kappa shape index (κ3) is 3.34. The smallest absolute Gasteiger partial charge is 0.137 e. The van der Waals surface area contributed by atoms with Crippen LogP contribution in [0.25, 0.3) is 16.9 Å². The number of fused-ring (bicyclic) bond motifs is 1. The maximum atomic E-state index is 12.0. The number of ether oxygens (including phenoxy) is 1. The van der Waals surface area contributed by atoms with Gasteiger partial charge in [0.15, 0.2) is 0 Å². The molecule has 2 heterocycles. The molecule has 0 bridgehead atoms. The molecule has 0 spiro atoms. The van der Waals surface area contributed by atoms with Gasteiger partial charge in [-0.2, -0.15) is 0 Å². The van der Waals surface area contributed by atoms with Crippen LogP contribution in [0.5, 0.6) is 5.75 Å². The lowest BCUT2D eigenvalue weighted by Crippen LogP contribution is -1.97. The Morgan fingerprint density at radius 1 is 1.10 bits per heavy atom. The molecule has 0 aliphatic rings. The Hall–Kier alpha value is -1.63. The Bertz CT molecular complexity index is 740. The van der Waals surface area contributed by atoms with Crippen molar-refractivity contribution in [2.75, 3.05) is 13.3 Å². The highest BCUT2D eigenvalue weighted by molar-refractivity contribution is 14.1. The Kier molecular flexibility index (Phi) is 4.38. The number of halogens is 2. The van der Waals surface area contributed by atoms with Crippen LogP contribution in [0.4, 0.5) is 4.39 Å². The second-order valence-corrected chi connectivity index (χ2v) is 5.90. The number of nitrogens with zero attached hydrogens (tertiary/aromatic N) is 2. The Labute approximate surface area is 135 Å². The standard InChI is InChI=1S/C16H14FIN2O/c17-8-1-9-21-14-5-2-12(3-6-14)15-11-20-10-13(18)4-7-16(20)19-15/h2-7,10-11H,1,8-9H2/i18-2. The van der Waals surface area contributed by atoms with E-state index in [2.05, 4.69) is 27.6 Å². The summed E-state index contributed by atoms with van der Waals surface area (Å²) in [6.07, 6.45) is 4.48. The Morgan fingerprint density at radius 2 is 1.90 bits per heavy atom. The van der Waals surface area contributed by atoms with Gasteiger partial charge < -0.3 is 9.14 Å². The van der Waals surface area contributed by atoms with E-state index in [9.17, 15) is 4.39 Å². The van der Waals surface area contributed by atoms with E-state index in [4.69, 9.17) is 4.74 Å². The molecule has 0 aliphatic carbocycles. The molecule has 0 saturated heterocycles. The van der Waals surface area contributed by atoms with Gasteiger partial charge in [0.1, 0.15) is 11.4 Å². The highest BCUT2D eigenvalue weighted by atomic mass is 125. The van der Waals surface area contributed by atoms with Crippen molar-refractivity contribution in [3.05, 3.63) is 52.4 Å². The largest absolute Gasteiger partial charge is 0.493 e. The van der Waals surface area contributed by atoms with E-state index in [1.165, 1.54) is 3.57 Å². The average molecular weight is 394 g/mol. The van der Waals surface area contributed by atoms with Crippen LogP contribution >= 0.6 is 22.6 Å². The minimum Gasteiger partial charge on any atom is -0.493 e. The molecule has 0 N–H and O–H groups in total. The van der Waals surface area contributed by atoms with Crippen molar-refractivity contribution in [3.63, 3.8) is 0 Å². The van der Waals surface area contributed by atoms with Gasteiger partial charge in [0, 0.05) is 27.9 Å². The molecule has 0 fully saturated rings. The summed E-state index contributed by atoms with van der Waals surface area (Å²) in [7, 11) is 0. The molecule has 0 unspecified atom stereocenters. The highest BCUT2D eigenvalue weighted by Gasteiger charge is 2.05. The second kappa shape index (κ2) is 6.43. The van der Waals surface area contributed by atoms with Crippen molar-refractivity contribution in [3.8, 4) is 17.0 Å². The van der Waals surface area contributed by atoms with Gasteiger partial charge in [-0.15, -0.1) is 0 Å². The van der Waals surface area contributed by atoms with Crippen molar-refractivity contribution in [1.82, 2.24) is 9.38 Å². The van der Waals surface area contributed by atoms with Crippen molar-refractivity contribution in [1.29, 1.82) is 0 Å². The zero-order valence-electron chi connectivity index (χ0n) is 11.3. The molecule has 0 amide bonds. The lowest BCUT2D eigenvalue weighted by atomic mass is 10.2. The average Bonchev–Trinajstić information content (AvgIpc) is 2.91. The zero-order chi connectivity index (χ0) is 14.7. The van der Waals surface area contributed by atoms with Crippen LogP contribution in [-0.4, -0.2) is 22.7 Å². The highest BCUT2D eigenvalue weighted by Crippen LogP contribution is 2.22. The fraction of sp³-hybridized carbons (Fsp3) is 0.188. The van der Waals surface area contributed by atoms with Crippen LogP contribution in [0.1, 0.15) is 6.42 Å². The SMILES string of the molecule is FCCCOc1ccc(-c2cn3cc([125I])ccc3n2)cc1. The number of rotatable bonds is 5. The van der Waals surface area contributed by atoms with Crippen LogP contribution in [0.3, 0.4) is 0 Å². The first-order valence-corrected chi connectivity index (χ1v) is 7.77. The van der Waals surface area contributed by atoms with E-state index in [0.717, 1.165) is 22.7 Å². The maximum absolute atomic E-state index is 12.0. The van der Waals surface area contributed by atoms with Gasteiger partial charge in [-0.1, -0.05) is 0 Å². The van der Waals surface area contributed by atoms with Crippen molar-refractivity contribution in [2.45, 2.75) is 6.42 Å². The summed E-state index contributed by atoms with van der Waals surface area (Å²) in [5.41, 5.74) is 2.88. The van der Waals surface area contributed by atoms with Crippen LogP contribution in [0.2, 0.25) is 0 Å². The van der Waals surface area contributed by atoms with E-state index >= 15 is 0 Å². The predicted octanol–water partition coefficient (Wildman–Crippen LogP) is 4.34. The maximum Gasteiger partial charge on any atom is 0.137 e. The number of hydrogen-bond donors (Lipinski definition) is 0. The molecule has 2 aromatic heterocycles. The molecule has 21 heavy (non-hydrogen) atoms. The molecule has 0 radical (unpaired) electrons. The minimum absolute atomic E-state index is 0.349. The summed E-state index contributed by atoms with van der Waals surface area (Å²) in [6, 6.07) is 11.8. The molecular weight excluding hydrogens is 380 g/mol. The molecule has 3 nitrogen and oxygen atoms in total. The first-order valence-electron chi connectivity index (χ1n) is 6.70. The summed E-state index contributed by atoms with van der Waals surface area (Å²) in [5.74, 6) is 0.755. The summed E-state index contributed by atoms with van der Waals surface area (Å²) in [4.78, 5) is 4.60. The van der Waals surface area contributed by atoms with E-state index < -0.39 is 0 Å². The van der Waals surface area contributed by atoms with Gasteiger partial charge in [0.05, 0.1) is 19.0 Å². The fourth-order valence-electron chi connectivity index (χ4n) is 2.07. The summed E-state index contributed by atoms with van der Waals surface area (Å²) >= 11 is 2.28. The molecule has 108 valence electrons. The second-order valence-electron chi connectivity index (χ2n) is 4.65. The van der Waals surface area contributed by atoms with Crippen LogP contribution in [-0.2, 0) is 0 Å². The van der Waals surface area contributed by atoms with E-state index in [0.29, 0.717) is 13.0 Å². The molecule has 3 aromatic rings. The first-order chi connectivity index (χ1) is 10.3. The fourth-order valence-corrected chi connectivity index (χ4v) is 2.55. The monoisotopic (exact) mass is 394 g/mol. The van der Waals surface area contributed by atoms with Crippen LogP contribution < -0.4 is 4.74 Å². The summed E-state index contributed by atoms with van der Waals surface area (Å²) in [5, 5.41) is 0. The van der Waals surface area contributed by atoms with Gasteiger partial charge in [-0.05, 0) is 59.0 Å². The van der Waals surface area contributed by atoms with E-state index in [-0.39, 0.29) is 6.67 Å². The van der Waals surface area contributed by atoms with Crippen molar-refractivity contribution >= 4 is 28.2 Å². The summed E-state index contributed by atoms with van der Waals surface area (Å²) in [6.45, 7) is 0.0563. The lowest BCUT2D eigenvalue weighted by Gasteiger charge is -2.04. The van der Waals surface area contributed by atoms with Crippen molar-refractivity contribution in [2.24, 2.45) is 0 Å². The topological polar surface area (TPSA) is 26.5 Å². The molecule has 0 aliphatic heterocycles. The first kappa shape index (κ1) is 14.3. The third-order valence-corrected chi connectivity index (χ3v) is 3.75. The quantitative estimate of drug-likeness (QED) is 0.476. The molecule has 1 aromatic carbocycles. The molecular formula is C16H14FIN2O. The molecule has 3 rings (SSSR count). The van der Waals surface area contributed by atoms with Gasteiger partial charge in [-0.3, -0.25) is 4.39 Å². The molecule has 0 atom stereocenters. The van der Waals surface area contributed by atoms with Gasteiger partial charge >= 0.3 is 0 Å². The Balaban J connectivity index is 1.81. The van der Waals surface area contributed by atoms with Gasteiger partial charge in [-0.25, -0.2) is 4.98 Å². The lowest BCUT2D eigenvalue weighted by molar-refractivity contribution is 0.289. The molecule has 5 heteroatoms. The van der Waals surface area contributed by atoms with E-state index in [1.54, 1.807) is 0 Å². The zero-order valence-corrected chi connectivity index (χ0v) is 13.5. The molecule has 0 saturated carbocycles. The summed E-state index contributed by atoms with van der Waals surface area (Å²) < 4.78 is 20.6. The minimum atomic E-state index is -0.349. The number of hydrogen-bond acceptors (Lipinski definition) is 2. The Morgan fingerprint density at radius 3 is 2.67 bits per heavy atom. The number of alkyl halides is 1. The van der Waals surface area contributed by atoms with Crippen LogP contribution in [0, 0.1) is 3.57 Å². The number of aromatic nitrogens is 2. The normalized spacial score (nSPS) is 11.0. The number of pyridine rings is 1. The third-order valence-electron chi connectivity index (χ3n) is 3.11. The van der Waals surface area contributed by atoms with Crippen LogP contribution in [0.15, 0.2) is 48.8 Å². The number of benzene rings is 1. The van der Waals surface area contributed by atoms with E-state index in [1.807, 2.05) is 53.2 Å². The number of imidazole rings is 1. The van der Waals surface area contributed by atoms with Gasteiger partial charge in [0.2, 0.25) is 0 Å². The van der Waals surface area contributed by atoms with Gasteiger partial charge in [0.25, 0.3) is 0 Å².